The maximum absolute atomic E-state index is 5.35. The first-order chi connectivity index (χ1) is 7.58. The van der Waals surface area contributed by atoms with Gasteiger partial charge in [0.15, 0.2) is 4.77 Å². The first kappa shape index (κ1) is 11.9. The van der Waals surface area contributed by atoms with E-state index in [0.29, 0.717) is 5.92 Å². The number of likely N-dealkylation sites (tertiary alicyclic amines) is 1. The topological polar surface area (TPSA) is 24.0 Å². The number of imidazole rings is 1. The van der Waals surface area contributed by atoms with Crippen LogP contribution in [0.3, 0.4) is 0 Å². The third-order valence-corrected chi connectivity index (χ3v) is 3.76. The van der Waals surface area contributed by atoms with E-state index >= 15 is 0 Å². The van der Waals surface area contributed by atoms with Crippen LogP contribution in [-0.2, 0) is 6.54 Å². The zero-order valence-electron chi connectivity index (χ0n) is 10.4. The van der Waals surface area contributed by atoms with E-state index in [9.17, 15) is 0 Å². The number of nitrogens with zero attached hydrogens (tertiary/aromatic N) is 2. The van der Waals surface area contributed by atoms with E-state index in [1.807, 2.05) is 0 Å². The van der Waals surface area contributed by atoms with Crippen LogP contribution >= 0.6 is 12.2 Å². The molecule has 1 aliphatic heterocycles. The summed E-state index contributed by atoms with van der Waals surface area (Å²) in [6.07, 6.45) is 3.35. The lowest BCUT2D eigenvalue weighted by molar-refractivity contribution is 0.374. The number of aromatic nitrogens is 2. The van der Waals surface area contributed by atoms with Crippen LogP contribution in [0.1, 0.15) is 31.9 Å². The van der Waals surface area contributed by atoms with Crippen molar-refractivity contribution >= 4 is 12.2 Å². The second kappa shape index (κ2) is 4.72. The second-order valence-corrected chi connectivity index (χ2v) is 5.59. The molecule has 1 fully saturated rings. The summed E-state index contributed by atoms with van der Waals surface area (Å²) in [6.45, 7) is 7.93. The Hall–Kier alpha value is -0.610. The zero-order chi connectivity index (χ0) is 11.7. The molecular weight excluding hydrogens is 218 g/mol. The molecular formula is C12H21N3S. The minimum atomic E-state index is 0.534. The molecule has 1 atom stereocenters. The lowest BCUT2D eigenvalue weighted by Gasteiger charge is -2.15. The van der Waals surface area contributed by atoms with Gasteiger partial charge in [0.25, 0.3) is 0 Å². The second-order valence-electron chi connectivity index (χ2n) is 5.20. The molecule has 90 valence electrons. The quantitative estimate of drug-likeness (QED) is 0.820. The highest BCUT2D eigenvalue weighted by molar-refractivity contribution is 7.71. The molecule has 4 heteroatoms. The molecule has 1 aliphatic rings. The summed E-state index contributed by atoms with van der Waals surface area (Å²) in [5.41, 5.74) is 1.33. The summed E-state index contributed by atoms with van der Waals surface area (Å²) >= 11 is 5.35. The van der Waals surface area contributed by atoms with Crippen molar-refractivity contribution in [2.75, 3.05) is 20.1 Å². The predicted molar refractivity (Wildman–Crippen MR) is 69.3 cm³/mol. The van der Waals surface area contributed by atoms with Gasteiger partial charge in [-0.25, -0.2) is 0 Å². The van der Waals surface area contributed by atoms with Gasteiger partial charge in [-0.2, -0.15) is 0 Å². The van der Waals surface area contributed by atoms with Crippen LogP contribution < -0.4 is 0 Å². The molecule has 0 radical (unpaired) electrons. The molecule has 1 aromatic heterocycles. The van der Waals surface area contributed by atoms with Crippen LogP contribution in [0, 0.1) is 10.7 Å². The van der Waals surface area contributed by atoms with E-state index in [1.165, 1.54) is 25.2 Å². The number of H-pyrrole nitrogens is 1. The van der Waals surface area contributed by atoms with Crippen molar-refractivity contribution < 1.29 is 0 Å². The summed E-state index contributed by atoms with van der Waals surface area (Å²) in [5, 5.41) is 0. The minimum absolute atomic E-state index is 0.534. The molecule has 1 unspecified atom stereocenters. The molecule has 1 aromatic rings. The van der Waals surface area contributed by atoms with E-state index in [2.05, 4.69) is 41.5 Å². The van der Waals surface area contributed by atoms with Gasteiger partial charge in [-0.3, -0.25) is 0 Å². The van der Waals surface area contributed by atoms with Crippen molar-refractivity contribution in [3.63, 3.8) is 0 Å². The molecule has 0 bridgehead atoms. The minimum Gasteiger partial charge on any atom is -0.337 e. The van der Waals surface area contributed by atoms with Crippen molar-refractivity contribution in [1.29, 1.82) is 0 Å². The maximum Gasteiger partial charge on any atom is 0.177 e. The zero-order valence-corrected chi connectivity index (χ0v) is 11.2. The Morgan fingerprint density at radius 1 is 1.56 bits per heavy atom. The fourth-order valence-electron chi connectivity index (χ4n) is 2.51. The third-order valence-electron chi connectivity index (χ3n) is 3.42. The van der Waals surface area contributed by atoms with Gasteiger partial charge < -0.3 is 14.5 Å². The Kier molecular flexibility index (Phi) is 3.50. The fourth-order valence-corrected chi connectivity index (χ4v) is 2.75. The van der Waals surface area contributed by atoms with Gasteiger partial charge in [0.2, 0.25) is 0 Å². The predicted octanol–water partition coefficient (Wildman–Crippen LogP) is 2.62. The maximum atomic E-state index is 5.35. The Balaban J connectivity index is 2.14. The summed E-state index contributed by atoms with van der Waals surface area (Å²) in [5.74, 6) is 1.29. The number of aromatic amines is 1. The molecule has 1 saturated heterocycles. The molecule has 0 aliphatic carbocycles. The molecule has 2 heterocycles. The van der Waals surface area contributed by atoms with Crippen LogP contribution in [0.2, 0.25) is 0 Å². The Morgan fingerprint density at radius 3 is 2.88 bits per heavy atom. The van der Waals surface area contributed by atoms with E-state index in [4.69, 9.17) is 12.2 Å². The number of hydrogen-bond acceptors (Lipinski definition) is 2. The molecule has 1 N–H and O–H groups in total. The molecule has 2 rings (SSSR count). The Morgan fingerprint density at radius 2 is 2.31 bits per heavy atom. The van der Waals surface area contributed by atoms with Crippen molar-refractivity contribution in [2.45, 2.75) is 32.7 Å². The largest absolute Gasteiger partial charge is 0.337 e. The summed E-state index contributed by atoms with van der Waals surface area (Å²) in [6, 6.07) is 0. The lowest BCUT2D eigenvalue weighted by atomic mass is 10.1. The monoisotopic (exact) mass is 239 g/mol. The molecule has 0 amide bonds. The van der Waals surface area contributed by atoms with Gasteiger partial charge in [-0.15, -0.1) is 0 Å². The summed E-state index contributed by atoms with van der Waals surface area (Å²) in [4.78, 5) is 5.57. The highest BCUT2D eigenvalue weighted by Crippen LogP contribution is 2.21. The summed E-state index contributed by atoms with van der Waals surface area (Å²) in [7, 11) is 2.19. The van der Waals surface area contributed by atoms with Crippen LogP contribution in [-0.4, -0.2) is 34.6 Å². The van der Waals surface area contributed by atoms with Crippen molar-refractivity contribution in [2.24, 2.45) is 5.92 Å². The fraction of sp³-hybridized carbons (Fsp3) is 0.750. The average molecular weight is 239 g/mol. The van der Waals surface area contributed by atoms with Gasteiger partial charge in [0.05, 0.1) is 0 Å². The molecule has 3 nitrogen and oxygen atoms in total. The molecule has 0 aromatic carbocycles. The first-order valence-corrected chi connectivity index (χ1v) is 6.45. The highest BCUT2D eigenvalue weighted by Gasteiger charge is 2.21. The molecule has 16 heavy (non-hydrogen) atoms. The summed E-state index contributed by atoms with van der Waals surface area (Å²) < 4.78 is 3.15. The first-order valence-electron chi connectivity index (χ1n) is 6.04. The number of nitrogens with one attached hydrogen (secondary N) is 1. The molecule has 0 saturated carbocycles. The van der Waals surface area contributed by atoms with Gasteiger partial charge in [0.1, 0.15) is 0 Å². The van der Waals surface area contributed by atoms with E-state index < -0.39 is 0 Å². The van der Waals surface area contributed by atoms with Crippen molar-refractivity contribution in [1.82, 2.24) is 14.5 Å². The standard InChI is InChI=1S/C12H21N3S/c1-9(2)11-6-13-12(16)15(11)8-10-4-5-14(3)7-10/h6,9-10H,4-5,7-8H2,1-3H3,(H,13,16). The van der Waals surface area contributed by atoms with E-state index in [1.54, 1.807) is 0 Å². The lowest BCUT2D eigenvalue weighted by Crippen LogP contribution is -2.18. The van der Waals surface area contributed by atoms with Crippen LogP contribution in [0.4, 0.5) is 0 Å². The van der Waals surface area contributed by atoms with Gasteiger partial charge in [-0.1, -0.05) is 13.8 Å². The van der Waals surface area contributed by atoms with Gasteiger partial charge >= 0.3 is 0 Å². The van der Waals surface area contributed by atoms with Gasteiger partial charge in [-0.05, 0) is 44.1 Å². The smallest absolute Gasteiger partial charge is 0.177 e. The van der Waals surface area contributed by atoms with Crippen molar-refractivity contribution in [3.05, 3.63) is 16.7 Å². The Bertz CT molecular complexity index is 405. The van der Waals surface area contributed by atoms with Crippen LogP contribution in [0.25, 0.3) is 0 Å². The third kappa shape index (κ3) is 2.38. The Labute approximate surface area is 102 Å². The number of rotatable bonds is 3. The average Bonchev–Trinajstić information content (AvgIpc) is 2.76. The highest BCUT2D eigenvalue weighted by atomic mass is 32.1. The van der Waals surface area contributed by atoms with E-state index in [-0.39, 0.29) is 0 Å². The van der Waals surface area contributed by atoms with Gasteiger partial charge in [0, 0.05) is 25.0 Å². The van der Waals surface area contributed by atoms with Crippen LogP contribution in [0.15, 0.2) is 6.20 Å². The van der Waals surface area contributed by atoms with Crippen LogP contribution in [0.5, 0.6) is 0 Å². The van der Waals surface area contributed by atoms with E-state index in [0.717, 1.165) is 17.2 Å². The normalized spacial score (nSPS) is 22.1. The molecule has 0 spiro atoms. The van der Waals surface area contributed by atoms with Crippen molar-refractivity contribution in [3.8, 4) is 0 Å². The SMILES string of the molecule is CC(C)c1c[nH]c(=S)n1CC1CCN(C)C1. The number of hydrogen-bond donors (Lipinski definition) is 1.